The van der Waals surface area contributed by atoms with Gasteiger partial charge in [-0.3, -0.25) is 4.79 Å². The first-order valence-corrected chi connectivity index (χ1v) is 8.50. The molecule has 1 aromatic heterocycles. The van der Waals surface area contributed by atoms with Crippen molar-refractivity contribution in [1.82, 2.24) is 15.3 Å². The Kier molecular flexibility index (Phi) is 4.80. The number of ether oxygens (including phenoxy) is 1. The molecule has 3 heterocycles. The lowest BCUT2D eigenvalue weighted by atomic mass is 9.92. The molecule has 2 aliphatic rings. The van der Waals surface area contributed by atoms with Crippen molar-refractivity contribution in [3.63, 3.8) is 0 Å². The first-order valence-electron chi connectivity index (χ1n) is 8.50. The molecule has 6 heteroatoms. The van der Waals surface area contributed by atoms with Crippen LogP contribution in [0.25, 0.3) is 0 Å². The number of piperidine rings is 1. The highest BCUT2D eigenvalue weighted by Gasteiger charge is 2.32. The summed E-state index contributed by atoms with van der Waals surface area (Å²) < 4.78 is 5.72. The monoisotopic (exact) mass is 318 g/mol. The Balaban J connectivity index is 1.57. The number of rotatable bonds is 3. The molecule has 2 atom stereocenters. The third-order valence-corrected chi connectivity index (χ3v) is 4.67. The van der Waals surface area contributed by atoms with E-state index in [2.05, 4.69) is 34.0 Å². The van der Waals surface area contributed by atoms with Crippen LogP contribution in [0.5, 0.6) is 0 Å². The van der Waals surface area contributed by atoms with E-state index in [1.54, 1.807) is 12.4 Å². The van der Waals surface area contributed by atoms with Crippen LogP contribution in [0.1, 0.15) is 39.5 Å². The van der Waals surface area contributed by atoms with Gasteiger partial charge in [-0.2, -0.15) is 0 Å². The van der Waals surface area contributed by atoms with Crippen molar-refractivity contribution in [3.05, 3.63) is 18.5 Å². The van der Waals surface area contributed by atoms with Crippen molar-refractivity contribution in [1.29, 1.82) is 0 Å². The molecule has 0 radical (unpaired) electrons. The van der Waals surface area contributed by atoms with Gasteiger partial charge in [-0.15, -0.1) is 0 Å². The Hall–Kier alpha value is -1.69. The second-order valence-corrected chi connectivity index (χ2v) is 7.14. The molecule has 1 amide bonds. The third kappa shape index (κ3) is 4.19. The minimum atomic E-state index is -0.146. The van der Waals surface area contributed by atoms with Crippen molar-refractivity contribution in [2.24, 2.45) is 5.92 Å². The Labute approximate surface area is 137 Å². The molecule has 0 aromatic carbocycles. The van der Waals surface area contributed by atoms with Crippen molar-refractivity contribution in [2.45, 2.75) is 51.2 Å². The lowest BCUT2D eigenvalue weighted by Crippen LogP contribution is -2.50. The summed E-state index contributed by atoms with van der Waals surface area (Å²) in [4.78, 5) is 23.3. The number of nitrogens with one attached hydrogen (secondary N) is 1. The van der Waals surface area contributed by atoms with Crippen LogP contribution in [-0.2, 0) is 9.53 Å². The zero-order valence-electron chi connectivity index (χ0n) is 14.0. The van der Waals surface area contributed by atoms with Gasteiger partial charge in [-0.1, -0.05) is 0 Å². The van der Waals surface area contributed by atoms with Crippen LogP contribution in [0.2, 0.25) is 0 Å². The lowest BCUT2D eigenvalue weighted by molar-refractivity contribution is -0.128. The fourth-order valence-electron chi connectivity index (χ4n) is 3.50. The van der Waals surface area contributed by atoms with Gasteiger partial charge < -0.3 is 15.0 Å². The fraction of sp³-hybridized carbons (Fsp3) is 0.706. The molecule has 6 nitrogen and oxygen atoms in total. The van der Waals surface area contributed by atoms with E-state index in [0.29, 0.717) is 13.2 Å². The normalized spacial score (nSPS) is 27.5. The molecule has 1 aromatic rings. The first-order chi connectivity index (χ1) is 11.0. The van der Waals surface area contributed by atoms with Gasteiger partial charge in [0.1, 0.15) is 0 Å². The van der Waals surface area contributed by atoms with Gasteiger partial charge in [0, 0.05) is 38.1 Å². The molecule has 0 spiro atoms. The van der Waals surface area contributed by atoms with Gasteiger partial charge >= 0.3 is 0 Å². The number of amides is 1. The zero-order valence-corrected chi connectivity index (χ0v) is 14.0. The van der Waals surface area contributed by atoms with Crippen LogP contribution in [0.15, 0.2) is 18.5 Å². The van der Waals surface area contributed by atoms with E-state index in [9.17, 15) is 4.79 Å². The van der Waals surface area contributed by atoms with Gasteiger partial charge in [-0.25, -0.2) is 9.97 Å². The highest BCUT2D eigenvalue weighted by atomic mass is 16.5. The number of hydrogen-bond donors (Lipinski definition) is 1. The molecular formula is C17H26N4O2. The van der Waals surface area contributed by atoms with E-state index in [0.717, 1.165) is 38.2 Å². The molecule has 23 heavy (non-hydrogen) atoms. The number of hydrogen-bond acceptors (Lipinski definition) is 5. The second kappa shape index (κ2) is 6.83. The molecule has 3 rings (SSSR count). The maximum absolute atomic E-state index is 12.6. The maximum Gasteiger partial charge on any atom is 0.225 e. The molecule has 2 fully saturated rings. The summed E-state index contributed by atoms with van der Waals surface area (Å²) in [6.07, 6.45) is 7.19. The molecule has 0 aliphatic carbocycles. The number of carbonyl (C=O) groups is 1. The summed E-state index contributed by atoms with van der Waals surface area (Å²) >= 11 is 0. The Morgan fingerprint density at radius 1 is 1.35 bits per heavy atom. The minimum Gasteiger partial charge on any atom is -0.375 e. The van der Waals surface area contributed by atoms with Crippen molar-refractivity contribution < 1.29 is 9.53 Å². The molecule has 2 saturated heterocycles. The second-order valence-electron chi connectivity index (χ2n) is 7.14. The van der Waals surface area contributed by atoms with Gasteiger partial charge in [-0.05, 0) is 45.6 Å². The van der Waals surface area contributed by atoms with Gasteiger partial charge in [0.05, 0.1) is 11.5 Å². The topological polar surface area (TPSA) is 67.4 Å². The van der Waals surface area contributed by atoms with E-state index in [-0.39, 0.29) is 23.5 Å². The smallest absolute Gasteiger partial charge is 0.225 e. The molecule has 126 valence electrons. The Morgan fingerprint density at radius 2 is 2.13 bits per heavy atom. The average molecular weight is 318 g/mol. The summed E-state index contributed by atoms with van der Waals surface area (Å²) in [7, 11) is 0. The molecule has 1 N–H and O–H groups in total. The quantitative estimate of drug-likeness (QED) is 0.920. The number of nitrogens with zero attached hydrogens (tertiary/aromatic N) is 3. The summed E-state index contributed by atoms with van der Waals surface area (Å²) in [6, 6.07) is 2.03. The van der Waals surface area contributed by atoms with Crippen molar-refractivity contribution in [3.8, 4) is 0 Å². The molecule has 2 unspecified atom stereocenters. The summed E-state index contributed by atoms with van der Waals surface area (Å²) in [5, 5.41) is 3.23. The van der Waals surface area contributed by atoms with Gasteiger partial charge in [0.2, 0.25) is 11.9 Å². The molecule has 0 saturated carbocycles. The van der Waals surface area contributed by atoms with E-state index in [4.69, 9.17) is 4.74 Å². The van der Waals surface area contributed by atoms with Crippen molar-refractivity contribution in [2.75, 3.05) is 24.6 Å². The lowest BCUT2D eigenvalue weighted by Gasteiger charge is -2.37. The van der Waals surface area contributed by atoms with Crippen LogP contribution in [0, 0.1) is 5.92 Å². The number of aromatic nitrogens is 2. The molecule has 0 bridgehead atoms. The zero-order chi connectivity index (χ0) is 16.3. The van der Waals surface area contributed by atoms with E-state index < -0.39 is 0 Å². The highest BCUT2D eigenvalue weighted by molar-refractivity contribution is 5.79. The minimum absolute atomic E-state index is 0.0125. The number of carbonyl (C=O) groups excluding carboxylic acids is 1. The largest absolute Gasteiger partial charge is 0.375 e. The van der Waals surface area contributed by atoms with E-state index in [1.807, 2.05) is 6.07 Å². The summed E-state index contributed by atoms with van der Waals surface area (Å²) in [5.41, 5.74) is -0.146. The summed E-state index contributed by atoms with van der Waals surface area (Å²) in [5.74, 6) is 0.893. The maximum atomic E-state index is 12.6. The van der Waals surface area contributed by atoms with E-state index in [1.165, 1.54) is 0 Å². The first kappa shape index (κ1) is 16.2. The average Bonchev–Trinajstić information content (AvgIpc) is 2.55. The standard InChI is InChI=1S/C17H26N4O2/c1-17(2)11-14(6-10-23-17)20-15(22)13-5-3-9-21(12-13)16-18-7-4-8-19-16/h4,7-8,13-14H,3,5-6,9-12H2,1-2H3,(H,20,22). The van der Waals surface area contributed by atoms with Crippen molar-refractivity contribution >= 4 is 11.9 Å². The van der Waals surface area contributed by atoms with Crippen LogP contribution >= 0.6 is 0 Å². The Morgan fingerprint density at radius 3 is 2.87 bits per heavy atom. The number of anilines is 1. The fourth-order valence-corrected chi connectivity index (χ4v) is 3.50. The van der Waals surface area contributed by atoms with Crippen LogP contribution < -0.4 is 10.2 Å². The SMILES string of the molecule is CC1(C)CC(NC(=O)C2CCCN(c3ncccn3)C2)CCO1. The van der Waals surface area contributed by atoms with Gasteiger partial charge in [0.15, 0.2) is 0 Å². The van der Waals surface area contributed by atoms with E-state index >= 15 is 0 Å². The third-order valence-electron chi connectivity index (χ3n) is 4.67. The van der Waals surface area contributed by atoms with Crippen LogP contribution in [-0.4, -0.2) is 47.2 Å². The highest BCUT2D eigenvalue weighted by Crippen LogP contribution is 2.25. The van der Waals surface area contributed by atoms with Crippen LogP contribution in [0.3, 0.4) is 0 Å². The predicted octanol–water partition coefficient (Wildman–Crippen LogP) is 1.77. The molecular weight excluding hydrogens is 292 g/mol. The predicted molar refractivity (Wildman–Crippen MR) is 88.2 cm³/mol. The van der Waals surface area contributed by atoms with Crippen LogP contribution in [0.4, 0.5) is 5.95 Å². The molecule has 2 aliphatic heterocycles. The Bertz CT molecular complexity index is 535. The summed E-state index contributed by atoms with van der Waals surface area (Å²) in [6.45, 7) is 6.49. The van der Waals surface area contributed by atoms with Gasteiger partial charge in [0.25, 0.3) is 0 Å².